The molecule has 3 rings (SSSR count). The minimum absolute atomic E-state index is 0.725. The normalized spacial score (nSPS) is 31.8. The fourth-order valence-corrected chi connectivity index (χ4v) is 4.47. The first kappa shape index (κ1) is 12.6. The first-order valence-corrected chi connectivity index (χ1v) is 8.16. The van der Waals surface area contributed by atoms with Crippen molar-refractivity contribution in [2.45, 2.75) is 50.7 Å². The Morgan fingerprint density at radius 1 is 1.39 bits per heavy atom. The van der Waals surface area contributed by atoms with E-state index in [0.717, 1.165) is 24.5 Å². The van der Waals surface area contributed by atoms with Crippen LogP contribution in [0.5, 0.6) is 0 Å². The zero-order valence-electron chi connectivity index (χ0n) is 11.3. The van der Waals surface area contributed by atoms with Gasteiger partial charge in [-0.1, -0.05) is 18.9 Å². The van der Waals surface area contributed by atoms with Gasteiger partial charge in [-0.05, 0) is 43.7 Å². The SMILES string of the molecule is CN(Cc1cccs1)CC1CC2CCCCC2N1. The second-order valence-electron chi connectivity index (χ2n) is 6.03. The Balaban J connectivity index is 1.48. The maximum Gasteiger partial charge on any atom is 0.0325 e. The van der Waals surface area contributed by atoms with Gasteiger partial charge in [-0.15, -0.1) is 11.3 Å². The van der Waals surface area contributed by atoms with E-state index < -0.39 is 0 Å². The molecular weight excluding hydrogens is 240 g/mol. The van der Waals surface area contributed by atoms with Gasteiger partial charge in [0, 0.05) is 30.1 Å². The van der Waals surface area contributed by atoms with Crippen molar-refractivity contribution in [2.75, 3.05) is 13.6 Å². The van der Waals surface area contributed by atoms with Crippen molar-refractivity contribution >= 4 is 11.3 Å². The number of rotatable bonds is 4. The molecule has 1 saturated heterocycles. The van der Waals surface area contributed by atoms with E-state index >= 15 is 0 Å². The summed E-state index contributed by atoms with van der Waals surface area (Å²) in [6, 6.07) is 5.95. The summed E-state index contributed by atoms with van der Waals surface area (Å²) in [6.45, 7) is 2.30. The van der Waals surface area contributed by atoms with Crippen LogP contribution in [0.2, 0.25) is 0 Å². The van der Waals surface area contributed by atoms with Crippen molar-refractivity contribution in [2.24, 2.45) is 5.92 Å². The Bertz CT molecular complexity index is 349. The van der Waals surface area contributed by atoms with Crippen LogP contribution in [-0.2, 0) is 6.54 Å². The molecule has 2 heterocycles. The molecule has 0 spiro atoms. The molecule has 1 aliphatic carbocycles. The van der Waals surface area contributed by atoms with E-state index in [-0.39, 0.29) is 0 Å². The van der Waals surface area contributed by atoms with E-state index in [1.807, 2.05) is 11.3 Å². The molecule has 100 valence electrons. The van der Waals surface area contributed by atoms with Crippen molar-refractivity contribution in [3.05, 3.63) is 22.4 Å². The van der Waals surface area contributed by atoms with Crippen LogP contribution in [0, 0.1) is 5.92 Å². The zero-order valence-corrected chi connectivity index (χ0v) is 12.1. The lowest BCUT2D eigenvalue weighted by Crippen LogP contribution is -2.38. The molecule has 2 fully saturated rings. The van der Waals surface area contributed by atoms with Crippen molar-refractivity contribution in [1.29, 1.82) is 0 Å². The minimum Gasteiger partial charge on any atom is -0.310 e. The van der Waals surface area contributed by atoms with Crippen LogP contribution in [-0.4, -0.2) is 30.6 Å². The first-order chi connectivity index (χ1) is 8.81. The highest BCUT2D eigenvalue weighted by atomic mass is 32.1. The van der Waals surface area contributed by atoms with Gasteiger partial charge in [-0.2, -0.15) is 0 Å². The molecule has 1 aromatic heterocycles. The number of nitrogens with zero attached hydrogens (tertiary/aromatic N) is 1. The standard InChI is InChI=1S/C15H24N2S/c1-17(11-14-6-4-8-18-14)10-13-9-12-5-2-3-7-15(12)16-13/h4,6,8,12-13,15-16H,2-3,5,7,9-11H2,1H3. The molecule has 2 aliphatic rings. The largest absolute Gasteiger partial charge is 0.310 e. The Morgan fingerprint density at radius 3 is 3.06 bits per heavy atom. The van der Waals surface area contributed by atoms with Crippen LogP contribution in [0.4, 0.5) is 0 Å². The monoisotopic (exact) mass is 264 g/mol. The van der Waals surface area contributed by atoms with Crippen LogP contribution >= 0.6 is 11.3 Å². The Labute approximate surface area is 114 Å². The van der Waals surface area contributed by atoms with Gasteiger partial charge < -0.3 is 5.32 Å². The van der Waals surface area contributed by atoms with E-state index in [2.05, 4.69) is 34.8 Å². The molecule has 3 heteroatoms. The second-order valence-corrected chi connectivity index (χ2v) is 7.06. The molecular formula is C15H24N2S. The molecule has 0 bridgehead atoms. The van der Waals surface area contributed by atoms with Crippen LogP contribution in [0.3, 0.4) is 0 Å². The van der Waals surface area contributed by atoms with Crippen LogP contribution in [0.15, 0.2) is 17.5 Å². The van der Waals surface area contributed by atoms with E-state index in [9.17, 15) is 0 Å². The van der Waals surface area contributed by atoms with Gasteiger partial charge in [0.25, 0.3) is 0 Å². The van der Waals surface area contributed by atoms with Gasteiger partial charge in [0.1, 0.15) is 0 Å². The summed E-state index contributed by atoms with van der Waals surface area (Å²) in [5.41, 5.74) is 0. The average Bonchev–Trinajstić information content (AvgIpc) is 2.96. The molecule has 3 atom stereocenters. The lowest BCUT2D eigenvalue weighted by Gasteiger charge is -2.24. The predicted molar refractivity (Wildman–Crippen MR) is 77.9 cm³/mol. The summed E-state index contributed by atoms with van der Waals surface area (Å²) >= 11 is 1.87. The van der Waals surface area contributed by atoms with Crippen molar-refractivity contribution < 1.29 is 0 Å². The molecule has 1 N–H and O–H groups in total. The third-order valence-corrected chi connectivity index (χ3v) is 5.35. The quantitative estimate of drug-likeness (QED) is 0.899. The number of likely N-dealkylation sites (N-methyl/N-ethyl adjacent to an activating group) is 1. The summed E-state index contributed by atoms with van der Waals surface area (Å²) in [6.07, 6.45) is 7.17. The summed E-state index contributed by atoms with van der Waals surface area (Å²) in [5.74, 6) is 0.971. The first-order valence-electron chi connectivity index (χ1n) is 7.28. The third-order valence-electron chi connectivity index (χ3n) is 4.48. The van der Waals surface area contributed by atoms with Gasteiger partial charge in [0.05, 0.1) is 0 Å². The molecule has 18 heavy (non-hydrogen) atoms. The summed E-state index contributed by atoms with van der Waals surface area (Å²) in [4.78, 5) is 3.95. The van der Waals surface area contributed by atoms with E-state index in [1.54, 1.807) is 0 Å². The number of nitrogens with one attached hydrogen (secondary N) is 1. The average molecular weight is 264 g/mol. The fourth-order valence-electron chi connectivity index (χ4n) is 3.68. The molecule has 0 amide bonds. The van der Waals surface area contributed by atoms with Gasteiger partial charge in [-0.3, -0.25) is 4.90 Å². The Kier molecular flexibility index (Phi) is 4.02. The van der Waals surface area contributed by atoms with Gasteiger partial charge >= 0.3 is 0 Å². The molecule has 1 aliphatic heterocycles. The second kappa shape index (κ2) is 5.72. The van der Waals surface area contributed by atoms with Gasteiger partial charge in [0.2, 0.25) is 0 Å². The van der Waals surface area contributed by atoms with Crippen molar-refractivity contribution in [3.8, 4) is 0 Å². The molecule has 3 unspecified atom stereocenters. The number of thiophene rings is 1. The van der Waals surface area contributed by atoms with Gasteiger partial charge in [0.15, 0.2) is 0 Å². The van der Waals surface area contributed by atoms with E-state index in [1.165, 1.54) is 43.5 Å². The summed E-state index contributed by atoms with van der Waals surface area (Å²) < 4.78 is 0. The van der Waals surface area contributed by atoms with Crippen molar-refractivity contribution in [1.82, 2.24) is 10.2 Å². The fraction of sp³-hybridized carbons (Fsp3) is 0.733. The molecule has 2 nitrogen and oxygen atoms in total. The summed E-state index contributed by atoms with van der Waals surface area (Å²) in [5, 5.41) is 6.04. The van der Waals surface area contributed by atoms with Crippen LogP contribution in [0.25, 0.3) is 0 Å². The highest BCUT2D eigenvalue weighted by molar-refractivity contribution is 7.09. The third kappa shape index (κ3) is 2.95. The molecule has 1 saturated carbocycles. The Morgan fingerprint density at radius 2 is 2.28 bits per heavy atom. The van der Waals surface area contributed by atoms with Gasteiger partial charge in [-0.25, -0.2) is 0 Å². The maximum absolute atomic E-state index is 3.87. The summed E-state index contributed by atoms with van der Waals surface area (Å²) in [7, 11) is 2.25. The molecule has 1 aromatic rings. The van der Waals surface area contributed by atoms with Crippen LogP contribution in [0.1, 0.15) is 37.0 Å². The number of fused-ring (bicyclic) bond motifs is 1. The Hall–Kier alpha value is -0.380. The number of hydrogen-bond donors (Lipinski definition) is 1. The highest BCUT2D eigenvalue weighted by Gasteiger charge is 2.35. The van der Waals surface area contributed by atoms with E-state index in [4.69, 9.17) is 0 Å². The minimum atomic E-state index is 0.725. The topological polar surface area (TPSA) is 15.3 Å². The maximum atomic E-state index is 3.87. The smallest absolute Gasteiger partial charge is 0.0325 e. The number of hydrogen-bond acceptors (Lipinski definition) is 3. The predicted octanol–water partition coefficient (Wildman–Crippen LogP) is 3.10. The lowest BCUT2D eigenvalue weighted by molar-refractivity contribution is 0.291. The zero-order chi connectivity index (χ0) is 12.4. The van der Waals surface area contributed by atoms with Crippen molar-refractivity contribution in [3.63, 3.8) is 0 Å². The highest BCUT2D eigenvalue weighted by Crippen LogP contribution is 2.33. The lowest BCUT2D eigenvalue weighted by atomic mass is 9.85. The van der Waals surface area contributed by atoms with E-state index in [0.29, 0.717) is 0 Å². The van der Waals surface area contributed by atoms with Crippen LogP contribution < -0.4 is 5.32 Å². The molecule has 0 aromatic carbocycles. The molecule has 0 radical (unpaired) electrons.